The van der Waals surface area contributed by atoms with Gasteiger partial charge in [-0.05, 0) is 18.3 Å². The number of imidazole rings is 1. The molecule has 0 atom stereocenters. The lowest BCUT2D eigenvalue weighted by Gasteiger charge is -2.16. The van der Waals surface area contributed by atoms with E-state index in [1.807, 2.05) is 0 Å². The van der Waals surface area contributed by atoms with Crippen molar-refractivity contribution < 1.29 is 17.0 Å². The summed E-state index contributed by atoms with van der Waals surface area (Å²) >= 11 is 0. The summed E-state index contributed by atoms with van der Waals surface area (Å²) in [5.41, 5.74) is 4.23. The van der Waals surface area contributed by atoms with E-state index in [-0.39, 0.29) is 12.4 Å². The van der Waals surface area contributed by atoms with Crippen LogP contribution in [0.2, 0.25) is 0 Å². The topological polar surface area (TPSA) is 8.81 Å². The Bertz CT molecular complexity index is 559. The Morgan fingerprint density at radius 3 is 2.14 bits per heavy atom. The van der Waals surface area contributed by atoms with Gasteiger partial charge in [0.2, 0.25) is 6.33 Å². The van der Waals surface area contributed by atoms with E-state index in [0.29, 0.717) is 11.8 Å². The van der Waals surface area contributed by atoms with Gasteiger partial charge in [0.05, 0.1) is 6.54 Å². The number of halogens is 1. The highest BCUT2D eigenvalue weighted by Crippen LogP contribution is 2.30. The molecule has 0 aliphatic heterocycles. The second-order valence-electron chi connectivity index (χ2n) is 6.51. The molecule has 0 fully saturated rings. The second kappa shape index (κ2) is 8.38. The number of nitrogens with zero attached hydrogens (tertiary/aromatic N) is 2. The highest BCUT2D eigenvalue weighted by atomic mass is 35.5. The Morgan fingerprint density at radius 1 is 1.05 bits per heavy atom. The van der Waals surface area contributed by atoms with Crippen molar-refractivity contribution in [3.05, 3.63) is 48.0 Å². The number of para-hydroxylation sites is 1. The van der Waals surface area contributed by atoms with Gasteiger partial charge in [-0.25, -0.2) is 9.13 Å². The van der Waals surface area contributed by atoms with Gasteiger partial charge >= 0.3 is 0 Å². The highest BCUT2D eigenvalue weighted by molar-refractivity contribution is 5.50. The van der Waals surface area contributed by atoms with Gasteiger partial charge in [-0.2, -0.15) is 0 Å². The highest BCUT2D eigenvalue weighted by Gasteiger charge is 2.19. The van der Waals surface area contributed by atoms with Crippen LogP contribution in [-0.4, -0.2) is 4.57 Å². The first kappa shape index (κ1) is 18.8. The zero-order valence-electron chi connectivity index (χ0n) is 14.5. The molecule has 0 spiro atoms. The number of benzene rings is 1. The van der Waals surface area contributed by atoms with E-state index >= 15 is 0 Å². The molecule has 0 unspecified atom stereocenters. The van der Waals surface area contributed by atoms with Crippen molar-refractivity contribution in [1.82, 2.24) is 4.57 Å². The molecule has 1 heterocycles. The first-order valence-electron chi connectivity index (χ1n) is 8.24. The lowest BCUT2D eigenvalue weighted by atomic mass is 9.92. The van der Waals surface area contributed by atoms with Crippen LogP contribution in [0.1, 0.15) is 70.4 Å². The predicted molar refractivity (Wildman–Crippen MR) is 89.1 cm³/mol. The molecule has 0 aliphatic carbocycles. The largest absolute Gasteiger partial charge is 1.00 e. The summed E-state index contributed by atoms with van der Waals surface area (Å²) in [4.78, 5) is 0. The van der Waals surface area contributed by atoms with Gasteiger partial charge in [0.1, 0.15) is 18.1 Å². The molecule has 2 rings (SSSR count). The van der Waals surface area contributed by atoms with Crippen LogP contribution in [0.4, 0.5) is 0 Å². The monoisotopic (exact) mass is 320 g/mol. The fourth-order valence-corrected chi connectivity index (χ4v) is 2.81. The third-order valence-electron chi connectivity index (χ3n) is 4.06. The molecule has 0 radical (unpaired) electrons. The number of rotatable bonds is 6. The van der Waals surface area contributed by atoms with Crippen LogP contribution in [0, 0.1) is 0 Å². The van der Waals surface area contributed by atoms with Crippen LogP contribution in [0.3, 0.4) is 0 Å². The van der Waals surface area contributed by atoms with Crippen molar-refractivity contribution in [2.45, 2.75) is 65.8 Å². The fraction of sp³-hybridized carbons (Fsp3) is 0.526. The molecule has 0 saturated heterocycles. The van der Waals surface area contributed by atoms with E-state index < -0.39 is 0 Å². The number of aryl methyl sites for hydroxylation is 1. The molecule has 0 aliphatic rings. The van der Waals surface area contributed by atoms with Crippen LogP contribution < -0.4 is 17.0 Å². The first-order valence-corrected chi connectivity index (χ1v) is 8.24. The SMILES string of the molecule is CCCC[n+]1ccn(-c2c(C(C)C)cccc2C(C)C)c1.[Cl-]. The van der Waals surface area contributed by atoms with Gasteiger partial charge in [-0.15, -0.1) is 0 Å². The molecule has 2 nitrogen and oxygen atoms in total. The molecule has 122 valence electrons. The van der Waals surface area contributed by atoms with Crippen LogP contribution in [0.15, 0.2) is 36.9 Å². The van der Waals surface area contributed by atoms with Crippen molar-refractivity contribution in [3.63, 3.8) is 0 Å². The van der Waals surface area contributed by atoms with Crippen LogP contribution >= 0.6 is 0 Å². The lowest BCUT2D eigenvalue weighted by molar-refractivity contribution is -0.696. The maximum absolute atomic E-state index is 2.31. The van der Waals surface area contributed by atoms with Crippen molar-refractivity contribution in [2.75, 3.05) is 0 Å². The number of aromatic nitrogens is 2. The molecular formula is C19H29ClN2. The van der Waals surface area contributed by atoms with Crippen LogP contribution in [0.25, 0.3) is 5.69 Å². The standard InChI is InChI=1S/C19H29N2.ClH/c1-6-7-11-20-12-13-21(14-20)19-17(15(2)3)9-8-10-18(19)16(4)5;/h8-10,12-16H,6-7,11H2,1-5H3;1H/q+1;/p-1. The molecule has 2 aromatic rings. The summed E-state index contributed by atoms with van der Waals surface area (Å²) in [5.74, 6) is 1.07. The van der Waals surface area contributed by atoms with Crippen molar-refractivity contribution in [3.8, 4) is 5.69 Å². The van der Waals surface area contributed by atoms with E-state index in [2.05, 4.69) is 80.7 Å². The average molecular weight is 321 g/mol. The van der Waals surface area contributed by atoms with E-state index in [4.69, 9.17) is 0 Å². The van der Waals surface area contributed by atoms with Crippen molar-refractivity contribution >= 4 is 0 Å². The minimum atomic E-state index is 0. The fourth-order valence-electron chi connectivity index (χ4n) is 2.81. The van der Waals surface area contributed by atoms with Crippen LogP contribution in [-0.2, 0) is 6.54 Å². The van der Waals surface area contributed by atoms with Crippen LogP contribution in [0.5, 0.6) is 0 Å². The van der Waals surface area contributed by atoms with Gasteiger partial charge in [0.25, 0.3) is 0 Å². The minimum absolute atomic E-state index is 0. The normalized spacial score (nSPS) is 11.0. The molecule has 0 N–H and O–H groups in total. The Morgan fingerprint density at radius 2 is 1.64 bits per heavy atom. The molecule has 3 heteroatoms. The van der Waals surface area contributed by atoms with Gasteiger partial charge in [0.15, 0.2) is 0 Å². The summed E-state index contributed by atoms with van der Waals surface area (Å²) in [5, 5.41) is 0. The number of hydrogen-bond acceptors (Lipinski definition) is 0. The Hall–Kier alpha value is -1.28. The third-order valence-corrected chi connectivity index (χ3v) is 4.06. The molecule has 0 amide bonds. The van der Waals surface area contributed by atoms with Gasteiger partial charge in [0, 0.05) is 11.1 Å². The van der Waals surface area contributed by atoms with E-state index in [9.17, 15) is 0 Å². The average Bonchev–Trinajstić information content (AvgIpc) is 2.92. The minimum Gasteiger partial charge on any atom is -1.00 e. The smallest absolute Gasteiger partial charge is 0.248 e. The second-order valence-corrected chi connectivity index (χ2v) is 6.51. The Labute approximate surface area is 141 Å². The first-order chi connectivity index (χ1) is 10.0. The maximum atomic E-state index is 2.31. The lowest BCUT2D eigenvalue weighted by Crippen LogP contribution is -3.00. The molecule has 1 aromatic heterocycles. The molecule has 0 bridgehead atoms. The molecule has 22 heavy (non-hydrogen) atoms. The predicted octanol–water partition coefficient (Wildman–Crippen LogP) is 1.82. The van der Waals surface area contributed by atoms with E-state index in [0.717, 1.165) is 6.54 Å². The Balaban J connectivity index is 0.00000242. The zero-order chi connectivity index (χ0) is 15.4. The van der Waals surface area contributed by atoms with E-state index in [1.54, 1.807) is 0 Å². The molecule has 1 aromatic carbocycles. The summed E-state index contributed by atoms with van der Waals surface area (Å²) in [7, 11) is 0. The maximum Gasteiger partial charge on any atom is 0.248 e. The van der Waals surface area contributed by atoms with Crippen molar-refractivity contribution in [1.29, 1.82) is 0 Å². The third kappa shape index (κ3) is 4.13. The van der Waals surface area contributed by atoms with E-state index in [1.165, 1.54) is 29.7 Å². The Kier molecular flexibility index (Phi) is 7.15. The number of unbranched alkanes of at least 4 members (excludes halogenated alkanes) is 1. The van der Waals surface area contributed by atoms with Gasteiger partial charge in [-0.3, -0.25) is 0 Å². The van der Waals surface area contributed by atoms with Gasteiger partial charge in [-0.1, -0.05) is 59.2 Å². The summed E-state index contributed by atoms with van der Waals surface area (Å²) in [6, 6.07) is 6.73. The number of hydrogen-bond donors (Lipinski definition) is 0. The quantitative estimate of drug-likeness (QED) is 0.718. The summed E-state index contributed by atoms with van der Waals surface area (Å²) in [6.45, 7) is 12.4. The zero-order valence-corrected chi connectivity index (χ0v) is 15.3. The summed E-state index contributed by atoms with van der Waals surface area (Å²) in [6.07, 6.45) is 9.10. The van der Waals surface area contributed by atoms with Crippen molar-refractivity contribution in [2.24, 2.45) is 0 Å². The summed E-state index contributed by atoms with van der Waals surface area (Å²) < 4.78 is 4.60. The molecular weight excluding hydrogens is 292 g/mol. The van der Waals surface area contributed by atoms with Gasteiger partial charge < -0.3 is 12.4 Å². The molecule has 0 saturated carbocycles.